The topological polar surface area (TPSA) is 12.0 Å². The van der Waals surface area contributed by atoms with Crippen molar-refractivity contribution in [1.82, 2.24) is 5.32 Å². The molecule has 0 aliphatic heterocycles. The van der Waals surface area contributed by atoms with E-state index in [-0.39, 0.29) is 0 Å². The molecule has 1 N–H and O–H groups in total. The Kier molecular flexibility index (Phi) is 2.80. The first kappa shape index (κ1) is 9.22. The average molecular weight is 185 g/mol. The van der Waals surface area contributed by atoms with Crippen molar-refractivity contribution in [2.45, 2.75) is 6.42 Å². The lowest BCUT2D eigenvalue weighted by Crippen LogP contribution is -2.10. The number of fused-ring (bicyclic) bond motifs is 1. The monoisotopic (exact) mass is 185 g/mol. The lowest BCUT2D eigenvalue weighted by molar-refractivity contribution is 0.792. The average Bonchev–Trinajstić information content (AvgIpc) is 2.26. The first-order valence-electron chi connectivity index (χ1n) is 5.02. The van der Waals surface area contributed by atoms with E-state index < -0.39 is 0 Å². The molecule has 14 heavy (non-hydrogen) atoms. The molecule has 0 aliphatic carbocycles. The van der Waals surface area contributed by atoms with Crippen LogP contribution in [0.1, 0.15) is 5.56 Å². The molecule has 0 heterocycles. The van der Waals surface area contributed by atoms with Gasteiger partial charge in [-0.25, -0.2) is 0 Å². The molecule has 1 nitrogen and oxygen atoms in total. The molecule has 0 amide bonds. The van der Waals surface area contributed by atoms with Crippen LogP contribution in [0.15, 0.2) is 42.5 Å². The fourth-order valence-electron chi connectivity index (χ4n) is 1.66. The van der Waals surface area contributed by atoms with E-state index in [1.165, 1.54) is 16.3 Å². The van der Waals surface area contributed by atoms with Crippen molar-refractivity contribution in [1.29, 1.82) is 0 Å². The van der Waals surface area contributed by atoms with E-state index in [0.717, 1.165) is 13.0 Å². The van der Waals surface area contributed by atoms with Gasteiger partial charge in [-0.05, 0) is 36.3 Å². The minimum Gasteiger partial charge on any atom is -0.319 e. The van der Waals surface area contributed by atoms with Crippen LogP contribution in [0.3, 0.4) is 0 Å². The van der Waals surface area contributed by atoms with E-state index in [1.807, 2.05) is 7.05 Å². The smallest absolute Gasteiger partial charge is 0.00114 e. The maximum absolute atomic E-state index is 3.16. The van der Waals surface area contributed by atoms with Gasteiger partial charge in [0.05, 0.1) is 0 Å². The highest BCUT2D eigenvalue weighted by atomic mass is 14.8. The Morgan fingerprint density at radius 3 is 2.57 bits per heavy atom. The molecule has 0 bridgehead atoms. The van der Waals surface area contributed by atoms with Gasteiger partial charge in [0.25, 0.3) is 0 Å². The second-order valence-corrected chi connectivity index (χ2v) is 3.54. The molecule has 0 atom stereocenters. The zero-order chi connectivity index (χ0) is 9.80. The summed E-state index contributed by atoms with van der Waals surface area (Å²) in [4.78, 5) is 0. The predicted molar refractivity (Wildman–Crippen MR) is 61.6 cm³/mol. The van der Waals surface area contributed by atoms with Crippen LogP contribution in [-0.2, 0) is 6.42 Å². The van der Waals surface area contributed by atoms with Gasteiger partial charge in [0.2, 0.25) is 0 Å². The van der Waals surface area contributed by atoms with Crippen LogP contribution in [-0.4, -0.2) is 13.6 Å². The third-order valence-corrected chi connectivity index (χ3v) is 2.48. The van der Waals surface area contributed by atoms with Crippen molar-refractivity contribution in [3.63, 3.8) is 0 Å². The Labute approximate surface area is 84.8 Å². The summed E-state index contributed by atoms with van der Waals surface area (Å²) in [7, 11) is 1.99. The first-order valence-corrected chi connectivity index (χ1v) is 5.02. The predicted octanol–water partition coefficient (Wildman–Crippen LogP) is 2.60. The van der Waals surface area contributed by atoms with Gasteiger partial charge in [0, 0.05) is 0 Å². The van der Waals surface area contributed by atoms with E-state index in [2.05, 4.69) is 47.8 Å². The summed E-state index contributed by atoms with van der Waals surface area (Å²) in [5.41, 5.74) is 1.40. The lowest BCUT2D eigenvalue weighted by atomic mass is 10.1. The molecule has 2 aromatic rings. The minimum atomic E-state index is 1.04. The summed E-state index contributed by atoms with van der Waals surface area (Å²) in [6.45, 7) is 1.04. The van der Waals surface area contributed by atoms with Gasteiger partial charge in [0.1, 0.15) is 0 Å². The van der Waals surface area contributed by atoms with E-state index in [4.69, 9.17) is 0 Å². The lowest BCUT2D eigenvalue weighted by Gasteiger charge is -2.02. The molecule has 0 saturated carbocycles. The Bertz CT molecular complexity index is 420. The number of likely N-dealkylation sites (N-methyl/N-ethyl adjacent to an activating group) is 1. The number of hydrogen-bond donors (Lipinski definition) is 1. The Balaban J connectivity index is 2.32. The Morgan fingerprint density at radius 2 is 1.79 bits per heavy atom. The van der Waals surface area contributed by atoms with Crippen LogP contribution in [0.4, 0.5) is 0 Å². The normalized spacial score (nSPS) is 10.6. The summed E-state index contributed by atoms with van der Waals surface area (Å²) >= 11 is 0. The third-order valence-electron chi connectivity index (χ3n) is 2.48. The number of rotatable bonds is 3. The van der Waals surface area contributed by atoms with Gasteiger partial charge in [-0.1, -0.05) is 42.5 Å². The highest BCUT2D eigenvalue weighted by Crippen LogP contribution is 2.15. The van der Waals surface area contributed by atoms with E-state index in [9.17, 15) is 0 Å². The maximum atomic E-state index is 3.16. The Hall–Kier alpha value is -1.34. The summed E-state index contributed by atoms with van der Waals surface area (Å²) in [5, 5.41) is 5.82. The van der Waals surface area contributed by atoms with Crippen molar-refractivity contribution in [2.75, 3.05) is 13.6 Å². The van der Waals surface area contributed by atoms with Crippen LogP contribution in [0.25, 0.3) is 10.8 Å². The second kappa shape index (κ2) is 4.25. The molecule has 0 saturated heterocycles. The van der Waals surface area contributed by atoms with Crippen molar-refractivity contribution in [2.24, 2.45) is 0 Å². The number of benzene rings is 2. The SMILES string of the molecule is CNCCc1ccc2ccccc2c1. The first-order chi connectivity index (χ1) is 6.90. The van der Waals surface area contributed by atoms with Gasteiger partial charge < -0.3 is 5.32 Å². The molecule has 2 aromatic carbocycles. The van der Waals surface area contributed by atoms with Crippen LogP contribution < -0.4 is 5.32 Å². The fourth-order valence-corrected chi connectivity index (χ4v) is 1.66. The largest absolute Gasteiger partial charge is 0.319 e. The summed E-state index contributed by atoms with van der Waals surface area (Å²) < 4.78 is 0. The van der Waals surface area contributed by atoms with Crippen LogP contribution in [0.5, 0.6) is 0 Å². The zero-order valence-electron chi connectivity index (χ0n) is 8.46. The molecule has 0 spiro atoms. The standard InChI is InChI=1S/C13H15N/c1-14-9-8-11-6-7-12-4-2-3-5-13(12)10-11/h2-7,10,14H,8-9H2,1H3. The highest BCUT2D eigenvalue weighted by molar-refractivity contribution is 5.82. The van der Waals surface area contributed by atoms with Crippen LogP contribution in [0.2, 0.25) is 0 Å². The van der Waals surface area contributed by atoms with Crippen molar-refractivity contribution in [3.05, 3.63) is 48.0 Å². The van der Waals surface area contributed by atoms with Gasteiger partial charge in [-0.15, -0.1) is 0 Å². The number of hydrogen-bond acceptors (Lipinski definition) is 1. The van der Waals surface area contributed by atoms with Gasteiger partial charge in [-0.3, -0.25) is 0 Å². The van der Waals surface area contributed by atoms with Gasteiger partial charge in [-0.2, -0.15) is 0 Å². The van der Waals surface area contributed by atoms with Crippen LogP contribution >= 0.6 is 0 Å². The molecule has 0 radical (unpaired) electrons. The summed E-state index contributed by atoms with van der Waals surface area (Å²) in [6.07, 6.45) is 1.10. The molecule has 0 aromatic heterocycles. The van der Waals surface area contributed by atoms with Gasteiger partial charge in [0.15, 0.2) is 0 Å². The van der Waals surface area contributed by atoms with Crippen molar-refractivity contribution < 1.29 is 0 Å². The van der Waals surface area contributed by atoms with Crippen molar-refractivity contribution in [3.8, 4) is 0 Å². The van der Waals surface area contributed by atoms with E-state index in [1.54, 1.807) is 0 Å². The van der Waals surface area contributed by atoms with E-state index >= 15 is 0 Å². The fraction of sp³-hybridized carbons (Fsp3) is 0.231. The molecule has 0 unspecified atom stereocenters. The molecular weight excluding hydrogens is 170 g/mol. The molecule has 72 valence electrons. The van der Waals surface area contributed by atoms with E-state index in [0.29, 0.717) is 0 Å². The zero-order valence-corrected chi connectivity index (χ0v) is 8.46. The minimum absolute atomic E-state index is 1.04. The van der Waals surface area contributed by atoms with Gasteiger partial charge >= 0.3 is 0 Å². The molecular formula is C13H15N. The molecule has 0 aliphatic rings. The second-order valence-electron chi connectivity index (χ2n) is 3.54. The summed E-state index contributed by atoms with van der Waals surface area (Å²) in [5.74, 6) is 0. The number of nitrogens with one attached hydrogen (secondary N) is 1. The third kappa shape index (κ3) is 1.94. The molecule has 2 rings (SSSR count). The Morgan fingerprint density at radius 1 is 1.00 bits per heavy atom. The molecule has 1 heteroatoms. The quantitative estimate of drug-likeness (QED) is 0.775. The highest BCUT2D eigenvalue weighted by Gasteiger charge is 1.94. The maximum Gasteiger partial charge on any atom is -0.00114 e. The van der Waals surface area contributed by atoms with Crippen LogP contribution in [0, 0.1) is 0 Å². The van der Waals surface area contributed by atoms with Crippen molar-refractivity contribution >= 4 is 10.8 Å². The molecule has 0 fully saturated rings. The summed E-state index contributed by atoms with van der Waals surface area (Å²) in [6, 6.07) is 15.2.